The Labute approximate surface area is 163 Å². The third-order valence-corrected chi connectivity index (χ3v) is 11.4. The van der Waals surface area contributed by atoms with E-state index >= 15 is 0 Å². The lowest BCUT2D eigenvalue weighted by molar-refractivity contribution is -0.209. The van der Waals surface area contributed by atoms with Crippen molar-refractivity contribution in [2.75, 3.05) is 0 Å². The maximum Gasteiger partial charge on any atom is 0.309 e. The summed E-state index contributed by atoms with van der Waals surface area (Å²) < 4.78 is 6.56. The molecule has 7 fully saturated rings. The molecule has 0 aromatic heterocycles. The van der Waals surface area contributed by atoms with E-state index in [9.17, 15) is 4.79 Å². The van der Waals surface area contributed by atoms with Crippen LogP contribution in [-0.4, -0.2) is 11.6 Å². The van der Waals surface area contributed by atoms with Gasteiger partial charge in [0.2, 0.25) is 0 Å². The lowest BCUT2D eigenvalue weighted by atomic mass is 9.50. The Morgan fingerprint density at radius 3 is 2.26 bits per heavy atom. The lowest BCUT2D eigenvalue weighted by Crippen LogP contribution is -2.58. The molecule has 2 nitrogen and oxygen atoms in total. The Bertz CT molecular complexity index is 709. The van der Waals surface area contributed by atoms with Crippen LogP contribution in [0.3, 0.4) is 0 Å². The number of fused-ring (bicyclic) bond motifs is 9. The average molecular weight is 367 g/mol. The molecule has 0 aromatic carbocycles. The first kappa shape index (κ1) is 16.1. The topological polar surface area (TPSA) is 26.3 Å². The van der Waals surface area contributed by atoms with E-state index in [1.165, 1.54) is 44.9 Å². The molecule has 146 valence electrons. The number of hydrogen-bond acceptors (Lipinski definition) is 2. The van der Waals surface area contributed by atoms with E-state index < -0.39 is 0 Å². The fraction of sp³-hybridized carbons (Fsp3) is 0.880. The summed E-state index contributed by atoms with van der Waals surface area (Å²) in [5.74, 6) is 7.23. The second-order valence-corrected chi connectivity index (χ2v) is 12.1. The van der Waals surface area contributed by atoms with Gasteiger partial charge in [-0.1, -0.05) is 19.1 Å². The molecule has 0 saturated heterocycles. The van der Waals surface area contributed by atoms with Gasteiger partial charge >= 0.3 is 5.97 Å². The number of rotatable bonds is 2. The number of carbonyl (C=O) groups is 1. The number of ether oxygens (including phenoxy) is 1. The highest BCUT2D eigenvalue weighted by molar-refractivity contribution is 5.74. The van der Waals surface area contributed by atoms with Crippen molar-refractivity contribution in [3.05, 3.63) is 12.2 Å². The molecule has 7 saturated carbocycles. The van der Waals surface area contributed by atoms with Crippen LogP contribution in [0.4, 0.5) is 0 Å². The molecule has 0 amide bonds. The van der Waals surface area contributed by atoms with Crippen molar-refractivity contribution in [1.29, 1.82) is 0 Å². The normalized spacial score (nSPS) is 63.8. The molecule has 8 aliphatic carbocycles. The summed E-state index contributed by atoms with van der Waals surface area (Å²) in [6, 6.07) is 0. The van der Waals surface area contributed by atoms with Crippen LogP contribution in [0.15, 0.2) is 12.2 Å². The quantitative estimate of drug-likeness (QED) is 0.380. The zero-order valence-corrected chi connectivity index (χ0v) is 16.9. The second kappa shape index (κ2) is 4.85. The van der Waals surface area contributed by atoms with Gasteiger partial charge < -0.3 is 4.74 Å². The van der Waals surface area contributed by atoms with Crippen LogP contribution in [0, 0.1) is 64.6 Å². The Morgan fingerprint density at radius 1 is 0.852 bits per heavy atom. The predicted octanol–water partition coefficient (Wildman–Crippen LogP) is 5.23. The molecule has 2 heteroatoms. The van der Waals surface area contributed by atoms with Crippen LogP contribution < -0.4 is 0 Å². The number of allylic oxidation sites excluding steroid dienone is 2. The van der Waals surface area contributed by atoms with Gasteiger partial charge in [0.15, 0.2) is 0 Å². The molecule has 8 rings (SSSR count). The minimum Gasteiger partial charge on any atom is -0.459 e. The van der Waals surface area contributed by atoms with Crippen molar-refractivity contribution in [3.8, 4) is 0 Å². The van der Waals surface area contributed by atoms with E-state index in [1.807, 2.05) is 0 Å². The molecule has 0 aliphatic heterocycles. The minimum atomic E-state index is -0.149. The van der Waals surface area contributed by atoms with Gasteiger partial charge in [0.05, 0.1) is 5.92 Å². The van der Waals surface area contributed by atoms with Crippen molar-refractivity contribution in [2.45, 2.75) is 70.8 Å². The summed E-state index contributed by atoms with van der Waals surface area (Å²) in [6.45, 7) is 4.87. The van der Waals surface area contributed by atoms with Crippen LogP contribution in [0.5, 0.6) is 0 Å². The Kier molecular flexibility index (Phi) is 2.88. The van der Waals surface area contributed by atoms with Gasteiger partial charge in [0.1, 0.15) is 5.60 Å². The van der Waals surface area contributed by atoms with Gasteiger partial charge in [-0.15, -0.1) is 0 Å². The predicted molar refractivity (Wildman–Crippen MR) is 104 cm³/mol. The summed E-state index contributed by atoms with van der Waals surface area (Å²) in [4.78, 5) is 13.5. The molecule has 7 unspecified atom stereocenters. The van der Waals surface area contributed by atoms with Gasteiger partial charge in [-0.25, -0.2) is 0 Å². The minimum absolute atomic E-state index is 0.149. The first-order valence-electron chi connectivity index (χ1n) is 11.9. The fourth-order valence-electron chi connectivity index (χ4n) is 10.3. The fourth-order valence-corrected chi connectivity index (χ4v) is 10.3. The van der Waals surface area contributed by atoms with Crippen molar-refractivity contribution < 1.29 is 9.53 Å². The summed E-state index contributed by atoms with van der Waals surface area (Å²) in [7, 11) is 0. The van der Waals surface area contributed by atoms with Crippen molar-refractivity contribution in [3.63, 3.8) is 0 Å². The lowest BCUT2D eigenvalue weighted by Gasteiger charge is -2.59. The molecule has 7 atom stereocenters. The van der Waals surface area contributed by atoms with E-state index in [4.69, 9.17) is 4.74 Å². The molecule has 0 aromatic rings. The first-order chi connectivity index (χ1) is 13.0. The van der Waals surface area contributed by atoms with E-state index in [0.29, 0.717) is 23.2 Å². The van der Waals surface area contributed by atoms with Gasteiger partial charge in [0, 0.05) is 0 Å². The monoisotopic (exact) mass is 366 g/mol. The highest BCUT2D eigenvalue weighted by atomic mass is 16.6. The first-order valence-corrected chi connectivity index (χ1v) is 11.9. The summed E-state index contributed by atoms with van der Waals surface area (Å²) in [5, 5.41) is 0. The number of esters is 1. The van der Waals surface area contributed by atoms with Gasteiger partial charge in [-0.2, -0.15) is 0 Å². The highest BCUT2D eigenvalue weighted by Crippen LogP contribution is 2.73. The van der Waals surface area contributed by atoms with Crippen LogP contribution in [0.1, 0.15) is 65.2 Å². The summed E-state index contributed by atoms with van der Waals surface area (Å²) in [5.41, 5.74) is 0.345. The Balaban J connectivity index is 1.14. The van der Waals surface area contributed by atoms with E-state index in [-0.39, 0.29) is 17.5 Å². The standard InChI is InChI=1S/C25H34O2/c1-24-16-4-3-15(10-16)22(24)20-11-17(24)12-21(20)23(26)27-25(2)18-6-13-5-14(8-18)9-19(25)7-13/h3-4,13-22H,5-12H2,1-2H3. The molecule has 8 aliphatic rings. The number of carbonyl (C=O) groups excluding carboxylic acids is 1. The van der Waals surface area contributed by atoms with Crippen molar-refractivity contribution >= 4 is 5.97 Å². The van der Waals surface area contributed by atoms with Crippen LogP contribution in [0.2, 0.25) is 0 Å². The summed E-state index contributed by atoms with van der Waals surface area (Å²) in [6.07, 6.45) is 15.5. The van der Waals surface area contributed by atoms with E-state index in [1.54, 1.807) is 0 Å². The number of hydrogen-bond donors (Lipinski definition) is 0. The molecule has 27 heavy (non-hydrogen) atoms. The SMILES string of the molecule is CC1(OC(=O)C2CC3CC2C2C4C=CC(C4)C32C)C2CC3CC(C2)CC1C3. The zero-order chi connectivity index (χ0) is 18.1. The van der Waals surface area contributed by atoms with Gasteiger partial charge in [-0.3, -0.25) is 4.79 Å². The Hall–Kier alpha value is -0.790. The zero-order valence-electron chi connectivity index (χ0n) is 16.9. The van der Waals surface area contributed by atoms with Crippen molar-refractivity contribution in [1.82, 2.24) is 0 Å². The van der Waals surface area contributed by atoms with Gasteiger partial charge in [0.25, 0.3) is 0 Å². The molecule has 0 N–H and O–H groups in total. The second-order valence-electron chi connectivity index (χ2n) is 12.1. The molecule has 0 heterocycles. The van der Waals surface area contributed by atoms with E-state index in [2.05, 4.69) is 26.0 Å². The van der Waals surface area contributed by atoms with Crippen LogP contribution in [-0.2, 0) is 9.53 Å². The van der Waals surface area contributed by atoms with E-state index in [0.717, 1.165) is 41.9 Å². The molecule has 0 spiro atoms. The van der Waals surface area contributed by atoms with Crippen molar-refractivity contribution in [2.24, 2.45) is 64.6 Å². The maximum absolute atomic E-state index is 13.5. The molecule has 8 bridgehead atoms. The third kappa shape index (κ3) is 1.79. The van der Waals surface area contributed by atoms with Crippen LogP contribution in [0.25, 0.3) is 0 Å². The molecular formula is C25H34O2. The Morgan fingerprint density at radius 2 is 1.56 bits per heavy atom. The average Bonchev–Trinajstić information content (AvgIpc) is 3.37. The third-order valence-electron chi connectivity index (χ3n) is 11.4. The summed E-state index contributed by atoms with van der Waals surface area (Å²) >= 11 is 0. The van der Waals surface area contributed by atoms with Gasteiger partial charge in [-0.05, 0) is 117 Å². The maximum atomic E-state index is 13.5. The molecule has 0 radical (unpaired) electrons. The largest absolute Gasteiger partial charge is 0.459 e. The molecular weight excluding hydrogens is 332 g/mol. The smallest absolute Gasteiger partial charge is 0.309 e. The van der Waals surface area contributed by atoms with Crippen LogP contribution >= 0.6 is 0 Å². The highest BCUT2D eigenvalue weighted by Gasteiger charge is 2.69.